The van der Waals surface area contributed by atoms with Crippen molar-refractivity contribution in [3.8, 4) is 0 Å². The summed E-state index contributed by atoms with van der Waals surface area (Å²) in [6.45, 7) is 1.96. The quantitative estimate of drug-likeness (QED) is 0.284. The second kappa shape index (κ2) is 11.7. The van der Waals surface area contributed by atoms with Gasteiger partial charge in [-0.25, -0.2) is 4.79 Å². The molecule has 1 heterocycles. The summed E-state index contributed by atoms with van der Waals surface area (Å²) in [5.41, 5.74) is 9.15. The summed E-state index contributed by atoms with van der Waals surface area (Å²) in [6.07, 6.45) is 2.95. The summed E-state index contributed by atoms with van der Waals surface area (Å²) in [4.78, 5) is 25.5. The fourth-order valence-corrected chi connectivity index (χ4v) is 4.39. The van der Waals surface area contributed by atoms with Crippen molar-refractivity contribution in [1.82, 2.24) is 10.6 Å². The molecule has 1 atom stereocenters. The van der Waals surface area contributed by atoms with Gasteiger partial charge in [0.1, 0.15) is 0 Å². The molecule has 6 N–H and O–H groups in total. The molecule has 0 bridgehead atoms. The minimum absolute atomic E-state index is 0.188. The zero-order valence-corrected chi connectivity index (χ0v) is 20.1. The highest BCUT2D eigenvalue weighted by atomic mass is 35.5. The minimum Gasteiger partial charge on any atom is -0.397 e. The summed E-state index contributed by atoms with van der Waals surface area (Å²) >= 11 is 5.94. The van der Waals surface area contributed by atoms with Crippen molar-refractivity contribution < 1.29 is 9.59 Å². The Bertz CT molecular complexity index is 1140. The fraction of sp³-hybridized carbons (Fsp3) is 0.259. The van der Waals surface area contributed by atoms with Crippen LogP contribution in [0.15, 0.2) is 72.8 Å². The Morgan fingerprint density at radius 1 is 0.943 bits per heavy atom. The molecule has 0 radical (unpaired) electrons. The standard InChI is InChI=1S/C27H30ClN5O2/c28-21-9-11-22(12-10-21)31-27(35)33-25(17-18-13-15-30-16-14-18)19-5-7-20(8-6-19)26(34)32-24-4-2-1-3-23(24)29/h1-12,18,25,30H,13-17,29H2,(H,32,34)(H2,31,33,35). The minimum atomic E-state index is -0.285. The van der Waals surface area contributed by atoms with E-state index in [1.54, 1.807) is 48.5 Å². The van der Waals surface area contributed by atoms with Gasteiger partial charge in [-0.15, -0.1) is 0 Å². The van der Waals surface area contributed by atoms with Crippen molar-refractivity contribution >= 4 is 40.6 Å². The molecule has 0 aromatic heterocycles. The second-order valence-corrected chi connectivity index (χ2v) is 9.19. The molecule has 1 unspecified atom stereocenters. The van der Waals surface area contributed by atoms with Crippen LogP contribution in [0, 0.1) is 5.92 Å². The molecule has 1 aliphatic heterocycles. The van der Waals surface area contributed by atoms with Crippen LogP contribution < -0.4 is 27.0 Å². The average molecular weight is 492 g/mol. The van der Waals surface area contributed by atoms with Gasteiger partial charge in [0.2, 0.25) is 0 Å². The summed E-state index contributed by atoms with van der Waals surface area (Å²) in [5.74, 6) is 0.263. The molecule has 1 saturated heterocycles. The molecule has 35 heavy (non-hydrogen) atoms. The van der Waals surface area contributed by atoms with Gasteiger partial charge in [-0.1, -0.05) is 35.9 Å². The van der Waals surface area contributed by atoms with E-state index in [1.165, 1.54) is 0 Å². The smallest absolute Gasteiger partial charge is 0.319 e. The largest absolute Gasteiger partial charge is 0.397 e. The SMILES string of the molecule is Nc1ccccc1NC(=O)c1ccc(C(CC2CCNCC2)NC(=O)Nc2ccc(Cl)cc2)cc1. The number of halogens is 1. The van der Waals surface area contributed by atoms with E-state index in [-0.39, 0.29) is 18.0 Å². The number of piperidine rings is 1. The Morgan fingerprint density at radius 2 is 1.63 bits per heavy atom. The number of nitrogen functional groups attached to an aromatic ring is 1. The van der Waals surface area contributed by atoms with E-state index in [1.807, 2.05) is 24.3 Å². The van der Waals surface area contributed by atoms with Crippen molar-refractivity contribution in [2.75, 3.05) is 29.5 Å². The van der Waals surface area contributed by atoms with E-state index >= 15 is 0 Å². The lowest BCUT2D eigenvalue weighted by atomic mass is 9.88. The Hall–Kier alpha value is -3.55. The van der Waals surface area contributed by atoms with Crippen LogP contribution >= 0.6 is 11.6 Å². The highest BCUT2D eigenvalue weighted by Gasteiger charge is 2.22. The molecule has 3 aromatic rings. The Kier molecular flexibility index (Phi) is 8.23. The third kappa shape index (κ3) is 6.97. The molecular formula is C27H30ClN5O2. The molecule has 8 heteroatoms. The van der Waals surface area contributed by atoms with Gasteiger partial charge in [0.15, 0.2) is 0 Å². The van der Waals surface area contributed by atoms with Gasteiger partial charge in [0.25, 0.3) is 5.91 Å². The van der Waals surface area contributed by atoms with Crippen LogP contribution in [-0.4, -0.2) is 25.0 Å². The third-order valence-electron chi connectivity index (χ3n) is 6.22. The van der Waals surface area contributed by atoms with Crippen molar-refractivity contribution in [3.63, 3.8) is 0 Å². The zero-order chi connectivity index (χ0) is 24.6. The molecule has 4 rings (SSSR count). The lowest BCUT2D eigenvalue weighted by Gasteiger charge is -2.28. The molecule has 0 saturated carbocycles. The van der Waals surface area contributed by atoms with E-state index in [0.29, 0.717) is 33.6 Å². The van der Waals surface area contributed by atoms with Gasteiger partial charge in [0.05, 0.1) is 17.4 Å². The maximum absolute atomic E-state index is 12.8. The van der Waals surface area contributed by atoms with Crippen molar-refractivity contribution in [2.24, 2.45) is 5.92 Å². The maximum atomic E-state index is 12.8. The van der Waals surface area contributed by atoms with Crippen LogP contribution in [0.5, 0.6) is 0 Å². The van der Waals surface area contributed by atoms with Crippen LogP contribution in [-0.2, 0) is 0 Å². The zero-order valence-electron chi connectivity index (χ0n) is 19.4. The summed E-state index contributed by atoms with van der Waals surface area (Å²) in [7, 11) is 0. The molecule has 7 nitrogen and oxygen atoms in total. The van der Waals surface area contributed by atoms with Gasteiger partial charge in [-0.3, -0.25) is 4.79 Å². The van der Waals surface area contributed by atoms with Gasteiger partial charge < -0.3 is 27.0 Å². The first-order chi connectivity index (χ1) is 17.0. The number of para-hydroxylation sites is 2. The van der Waals surface area contributed by atoms with Crippen molar-refractivity contribution in [1.29, 1.82) is 0 Å². The van der Waals surface area contributed by atoms with Crippen LogP contribution in [0.25, 0.3) is 0 Å². The van der Waals surface area contributed by atoms with Gasteiger partial charge in [-0.2, -0.15) is 0 Å². The molecule has 1 aliphatic rings. The van der Waals surface area contributed by atoms with Crippen LogP contribution in [0.1, 0.15) is 41.2 Å². The summed E-state index contributed by atoms with van der Waals surface area (Å²) < 4.78 is 0. The molecule has 0 aliphatic carbocycles. The van der Waals surface area contributed by atoms with E-state index in [0.717, 1.165) is 37.9 Å². The second-order valence-electron chi connectivity index (χ2n) is 8.75. The molecule has 3 aromatic carbocycles. The molecule has 0 spiro atoms. The number of carbonyl (C=O) groups is 2. The lowest BCUT2D eigenvalue weighted by Crippen LogP contribution is -2.35. The summed E-state index contributed by atoms with van der Waals surface area (Å²) in [6, 6.07) is 21.0. The summed E-state index contributed by atoms with van der Waals surface area (Å²) in [5, 5.41) is 12.8. The molecule has 182 valence electrons. The third-order valence-corrected chi connectivity index (χ3v) is 6.47. The molecule has 3 amide bonds. The number of rotatable bonds is 7. The van der Waals surface area contributed by atoms with Gasteiger partial charge in [-0.05, 0) is 92.4 Å². The van der Waals surface area contributed by atoms with Crippen LogP contribution in [0.4, 0.5) is 21.9 Å². The number of hydrogen-bond acceptors (Lipinski definition) is 4. The monoisotopic (exact) mass is 491 g/mol. The first-order valence-electron chi connectivity index (χ1n) is 11.8. The van der Waals surface area contributed by atoms with E-state index in [2.05, 4.69) is 21.3 Å². The number of nitrogens with one attached hydrogen (secondary N) is 4. The molecule has 1 fully saturated rings. The van der Waals surface area contributed by atoms with Gasteiger partial charge >= 0.3 is 6.03 Å². The number of hydrogen-bond donors (Lipinski definition) is 5. The normalized spacial score (nSPS) is 14.7. The highest BCUT2D eigenvalue weighted by Crippen LogP contribution is 2.27. The Balaban J connectivity index is 1.46. The van der Waals surface area contributed by atoms with E-state index in [4.69, 9.17) is 17.3 Å². The van der Waals surface area contributed by atoms with Crippen molar-refractivity contribution in [2.45, 2.75) is 25.3 Å². The number of anilines is 3. The lowest BCUT2D eigenvalue weighted by molar-refractivity contribution is 0.102. The predicted molar refractivity (Wildman–Crippen MR) is 142 cm³/mol. The van der Waals surface area contributed by atoms with Crippen LogP contribution in [0.2, 0.25) is 5.02 Å². The fourth-order valence-electron chi connectivity index (χ4n) is 4.26. The first kappa shape index (κ1) is 24.6. The predicted octanol–water partition coefficient (Wildman–Crippen LogP) is 5.43. The number of nitrogens with two attached hydrogens (primary N) is 1. The molecular weight excluding hydrogens is 462 g/mol. The average Bonchev–Trinajstić information content (AvgIpc) is 2.87. The van der Waals surface area contributed by atoms with E-state index < -0.39 is 0 Å². The first-order valence-corrected chi connectivity index (χ1v) is 12.2. The number of benzene rings is 3. The van der Waals surface area contributed by atoms with Gasteiger partial charge in [0, 0.05) is 16.3 Å². The van der Waals surface area contributed by atoms with Crippen LogP contribution in [0.3, 0.4) is 0 Å². The highest BCUT2D eigenvalue weighted by molar-refractivity contribution is 6.30. The maximum Gasteiger partial charge on any atom is 0.319 e. The Labute approximate surface area is 210 Å². The Morgan fingerprint density at radius 3 is 2.31 bits per heavy atom. The number of amides is 3. The van der Waals surface area contributed by atoms with E-state index in [9.17, 15) is 9.59 Å². The number of carbonyl (C=O) groups excluding carboxylic acids is 2. The van der Waals surface area contributed by atoms with Crippen molar-refractivity contribution in [3.05, 3.63) is 88.9 Å². The number of urea groups is 1. The topological polar surface area (TPSA) is 108 Å².